The van der Waals surface area contributed by atoms with E-state index in [-0.39, 0.29) is 36.6 Å². The standard InChI is InChI=1S/C29H34N4O6/c1-4-32-27-18(2)15-20(17-25(27)39-29(32)37)24(34)7-8-26(35)31-12-10-21(11-13-31)33-14-9-19-16-22(38-3)5-6-23(19)30-28(33)36/h5-6,15-17,21H,4,7-14H2,1-3H3,(H,30,36). The molecule has 5 rings (SSSR count). The van der Waals surface area contributed by atoms with Crippen LogP contribution in [-0.2, 0) is 17.8 Å². The Morgan fingerprint density at radius 1 is 1.08 bits per heavy atom. The van der Waals surface area contributed by atoms with Gasteiger partial charge in [0.25, 0.3) is 0 Å². The van der Waals surface area contributed by atoms with Gasteiger partial charge in [-0.1, -0.05) is 0 Å². The average molecular weight is 535 g/mol. The Morgan fingerprint density at radius 2 is 1.85 bits per heavy atom. The molecule has 10 heteroatoms. The number of rotatable bonds is 7. The van der Waals surface area contributed by atoms with Crippen molar-refractivity contribution in [3.63, 3.8) is 0 Å². The van der Waals surface area contributed by atoms with Crippen molar-refractivity contribution in [2.45, 2.75) is 58.5 Å². The smallest absolute Gasteiger partial charge is 0.419 e. The molecule has 2 aliphatic heterocycles. The molecule has 1 fully saturated rings. The SMILES string of the molecule is CCn1c(=O)oc2cc(C(=O)CCC(=O)N3CCC(N4CCc5cc(OC)ccc5NC4=O)CC3)cc(C)c21. The molecule has 1 N–H and O–H groups in total. The molecule has 0 atom stereocenters. The Balaban J connectivity index is 1.15. The minimum atomic E-state index is -0.443. The van der Waals surface area contributed by atoms with Gasteiger partial charge in [-0.05, 0) is 74.6 Å². The number of benzene rings is 2. The largest absolute Gasteiger partial charge is 0.497 e. The van der Waals surface area contributed by atoms with Crippen LogP contribution in [-0.4, -0.2) is 64.9 Å². The van der Waals surface area contributed by atoms with Crippen molar-refractivity contribution in [1.29, 1.82) is 0 Å². The number of hydrogen-bond acceptors (Lipinski definition) is 6. The fraction of sp³-hybridized carbons (Fsp3) is 0.448. The lowest BCUT2D eigenvalue weighted by molar-refractivity contribution is -0.132. The quantitative estimate of drug-likeness (QED) is 0.459. The van der Waals surface area contributed by atoms with Gasteiger partial charge in [0.2, 0.25) is 5.91 Å². The molecule has 0 bridgehead atoms. The van der Waals surface area contributed by atoms with Gasteiger partial charge in [0.15, 0.2) is 11.4 Å². The van der Waals surface area contributed by atoms with E-state index in [9.17, 15) is 19.2 Å². The molecule has 0 spiro atoms. The highest BCUT2D eigenvalue weighted by atomic mass is 16.5. The number of ketones is 1. The summed E-state index contributed by atoms with van der Waals surface area (Å²) in [5.74, 6) is 0.0940. The van der Waals surface area contributed by atoms with Crippen molar-refractivity contribution >= 4 is 34.5 Å². The zero-order valence-electron chi connectivity index (χ0n) is 22.6. The summed E-state index contributed by atoms with van der Waals surface area (Å²) in [7, 11) is 1.63. The Labute approximate surface area is 226 Å². The number of amides is 3. The van der Waals surface area contributed by atoms with Crippen molar-refractivity contribution in [3.05, 3.63) is 57.6 Å². The average Bonchev–Trinajstić information content (AvgIpc) is 3.17. The van der Waals surface area contributed by atoms with E-state index in [4.69, 9.17) is 9.15 Å². The van der Waals surface area contributed by atoms with Crippen molar-refractivity contribution in [2.75, 3.05) is 32.1 Å². The maximum Gasteiger partial charge on any atom is 0.419 e. The monoisotopic (exact) mass is 534 g/mol. The Bertz CT molecular complexity index is 1480. The second-order valence-electron chi connectivity index (χ2n) is 10.2. The number of aryl methyl sites for hydroxylation is 2. The molecule has 0 aliphatic carbocycles. The van der Waals surface area contributed by atoms with Crippen LogP contribution < -0.4 is 15.8 Å². The van der Waals surface area contributed by atoms with Crippen molar-refractivity contribution in [2.24, 2.45) is 0 Å². The van der Waals surface area contributed by atoms with Crippen LogP contribution in [0.5, 0.6) is 5.75 Å². The summed E-state index contributed by atoms with van der Waals surface area (Å²) in [6.07, 6.45) is 2.30. The topological polar surface area (TPSA) is 114 Å². The molecule has 0 unspecified atom stereocenters. The summed E-state index contributed by atoms with van der Waals surface area (Å²) in [4.78, 5) is 54.5. The third kappa shape index (κ3) is 5.28. The van der Waals surface area contributed by atoms with Gasteiger partial charge >= 0.3 is 11.8 Å². The minimum Gasteiger partial charge on any atom is -0.497 e. The summed E-state index contributed by atoms with van der Waals surface area (Å²) in [6.45, 7) is 5.88. The van der Waals surface area contributed by atoms with Crippen LogP contribution in [0.1, 0.15) is 54.1 Å². The van der Waals surface area contributed by atoms with Gasteiger partial charge in [0.05, 0.1) is 12.6 Å². The van der Waals surface area contributed by atoms with E-state index in [0.29, 0.717) is 55.7 Å². The number of nitrogens with one attached hydrogen (secondary N) is 1. The van der Waals surface area contributed by atoms with Gasteiger partial charge in [-0.2, -0.15) is 0 Å². The molecule has 2 aliphatic rings. The van der Waals surface area contributed by atoms with E-state index < -0.39 is 5.76 Å². The first-order valence-corrected chi connectivity index (χ1v) is 13.5. The predicted molar refractivity (Wildman–Crippen MR) is 146 cm³/mol. The number of fused-ring (bicyclic) bond motifs is 2. The number of carbonyl (C=O) groups is 3. The molecule has 3 aromatic rings. The van der Waals surface area contributed by atoms with Gasteiger partial charge in [-0.3, -0.25) is 14.2 Å². The lowest BCUT2D eigenvalue weighted by Crippen LogP contribution is -2.50. The number of Topliss-reactive ketones (excluding diaryl/α,β-unsaturated/α-hetero) is 1. The van der Waals surface area contributed by atoms with Crippen LogP contribution in [0.25, 0.3) is 11.1 Å². The van der Waals surface area contributed by atoms with Crippen LogP contribution in [0.4, 0.5) is 10.5 Å². The molecular weight excluding hydrogens is 500 g/mol. The number of anilines is 1. The number of urea groups is 1. The third-order valence-electron chi connectivity index (χ3n) is 7.85. The van der Waals surface area contributed by atoms with Gasteiger partial charge in [-0.25, -0.2) is 9.59 Å². The van der Waals surface area contributed by atoms with Crippen LogP contribution in [0.2, 0.25) is 0 Å². The number of likely N-dealkylation sites (tertiary alicyclic amines) is 1. The number of oxazole rings is 1. The van der Waals surface area contributed by atoms with Gasteiger partial charge < -0.3 is 24.3 Å². The number of methoxy groups -OCH3 is 1. The molecule has 1 saturated heterocycles. The Hall–Kier alpha value is -4.08. The number of piperidine rings is 1. The zero-order chi connectivity index (χ0) is 27.7. The summed E-state index contributed by atoms with van der Waals surface area (Å²) in [5.41, 5.74) is 4.16. The minimum absolute atomic E-state index is 0.0478. The highest BCUT2D eigenvalue weighted by molar-refractivity contribution is 6.00. The molecule has 1 aromatic heterocycles. The molecular formula is C29H34N4O6. The van der Waals surface area contributed by atoms with E-state index in [1.165, 1.54) is 4.57 Å². The molecule has 0 saturated carbocycles. The molecule has 2 aromatic carbocycles. The molecule has 10 nitrogen and oxygen atoms in total. The van der Waals surface area contributed by atoms with Crippen LogP contribution in [0.3, 0.4) is 0 Å². The highest BCUT2D eigenvalue weighted by Crippen LogP contribution is 2.28. The number of hydrogen-bond donors (Lipinski definition) is 1. The third-order valence-corrected chi connectivity index (χ3v) is 7.85. The first-order chi connectivity index (χ1) is 18.8. The molecule has 0 radical (unpaired) electrons. The van der Waals surface area contributed by atoms with E-state index in [0.717, 1.165) is 29.0 Å². The first-order valence-electron chi connectivity index (χ1n) is 13.5. The Morgan fingerprint density at radius 3 is 2.56 bits per heavy atom. The fourth-order valence-electron chi connectivity index (χ4n) is 5.71. The lowest BCUT2D eigenvalue weighted by Gasteiger charge is -2.38. The van der Waals surface area contributed by atoms with Crippen molar-refractivity contribution in [1.82, 2.24) is 14.4 Å². The van der Waals surface area contributed by atoms with Crippen LogP contribution in [0.15, 0.2) is 39.5 Å². The molecule has 206 valence electrons. The second kappa shape index (κ2) is 11.0. The van der Waals surface area contributed by atoms with Crippen LogP contribution in [0, 0.1) is 6.92 Å². The molecule has 3 amide bonds. The van der Waals surface area contributed by atoms with Gasteiger partial charge in [0, 0.05) is 56.3 Å². The maximum atomic E-state index is 12.9. The summed E-state index contributed by atoms with van der Waals surface area (Å²) in [6, 6.07) is 8.94. The number of carbonyl (C=O) groups excluding carboxylic acids is 3. The van der Waals surface area contributed by atoms with E-state index in [2.05, 4.69) is 5.32 Å². The van der Waals surface area contributed by atoms with Crippen LogP contribution >= 0.6 is 0 Å². The number of ether oxygens (including phenoxy) is 1. The molecule has 39 heavy (non-hydrogen) atoms. The summed E-state index contributed by atoms with van der Waals surface area (Å²) >= 11 is 0. The van der Waals surface area contributed by atoms with E-state index >= 15 is 0 Å². The normalized spacial score (nSPS) is 16.1. The second-order valence-corrected chi connectivity index (χ2v) is 10.2. The van der Waals surface area contributed by atoms with Crippen molar-refractivity contribution in [3.8, 4) is 5.75 Å². The van der Waals surface area contributed by atoms with Gasteiger partial charge in [-0.15, -0.1) is 0 Å². The molecule has 3 heterocycles. The zero-order valence-corrected chi connectivity index (χ0v) is 22.6. The number of aromatic nitrogens is 1. The summed E-state index contributed by atoms with van der Waals surface area (Å²) < 4.78 is 12.2. The number of nitrogens with zero attached hydrogens (tertiary/aromatic N) is 3. The highest BCUT2D eigenvalue weighted by Gasteiger charge is 2.31. The van der Waals surface area contributed by atoms with E-state index in [1.54, 1.807) is 24.1 Å². The fourth-order valence-corrected chi connectivity index (χ4v) is 5.71. The van der Waals surface area contributed by atoms with E-state index in [1.807, 2.05) is 36.9 Å². The lowest BCUT2D eigenvalue weighted by atomic mass is 10.0. The maximum absolute atomic E-state index is 12.9. The van der Waals surface area contributed by atoms with Gasteiger partial charge in [0.1, 0.15) is 5.75 Å². The first kappa shape index (κ1) is 26.5. The summed E-state index contributed by atoms with van der Waals surface area (Å²) in [5, 5.41) is 3.01. The van der Waals surface area contributed by atoms with Crippen molar-refractivity contribution < 1.29 is 23.5 Å². The predicted octanol–water partition coefficient (Wildman–Crippen LogP) is 3.98. The Kier molecular flexibility index (Phi) is 7.45.